The van der Waals surface area contributed by atoms with Crippen LogP contribution < -0.4 is 0 Å². The van der Waals surface area contributed by atoms with Crippen LogP contribution in [0.2, 0.25) is 0 Å². The Morgan fingerprint density at radius 1 is 0.545 bits per heavy atom. The first-order valence-corrected chi connectivity index (χ1v) is 10.4. The number of halogens is 3. The first kappa shape index (κ1) is 20.9. The van der Waals surface area contributed by atoms with Gasteiger partial charge in [0.2, 0.25) is 0 Å². The van der Waals surface area contributed by atoms with Gasteiger partial charge >= 0.3 is 6.18 Å². The van der Waals surface area contributed by atoms with Crippen molar-refractivity contribution in [3.63, 3.8) is 0 Å². The smallest absolute Gasteiger partial charge is 0.416 e. The summed E-state index contributed by atoms with van der Waals surface area (Å²) in [6.07, 6.45) is -4.46. The number of phenols is 2. The predicted molar refractivity (Wildman–Crippen MR) is 124 cm³/mol. The molecule has 164 valence electrons. The fourth-order valence-corrected chi connectivity index (χ4v) is 4.52. The van der Waals surface area contributed by atoms with Crippen LogP contribution in [0.1, 0.15) is 28.2 Å². The Kier molecular flexibility index (Phi) is 4.97. The van der Waals surface area contributed by atoms with Gasteiger partial charge in [-0.25, -0.2) is 0 Å². The van der Waals surface area contributed by atoms with Crippen molar-refractivity contribution < 1.29 is 23.4 Å². The molecule has 0 aliphatic carbocycles. The van der Waals surface area contributed by atoms with Crippen LogP contribution in [0.5, 0.6) is 11.5 Å². The Bertz CT molecular complexity index is 1390. The van der Waals surface area contributed by atoms with E-state index in [9.17, 15) is 23.4 Å². The zero-order valence-electron chi connectivity index (χ0n) is 17.3. The lowest BCUT2D eigenvalue weighted by Gasteiger charge is -2.24. The maximum absolute atomic E-state index is 13.2. The van der Waals surface area contributed by atoms with Crippen molar-refractivity contribution >= 4 is 21.5 Å². The monoisotopic (exact) mass is 444 g/mol. The summed E-state index contributed by atoms with van der Waals surface area (Å²) in [5.74, 6) is -0.693. The van der Waals surface area contributed by atoms with Crippen molar-refractivity contribution in [3.8, 4) is 11.5 Å². The number of phenolic OH excluding ortho intramolecular Hbond substituents is 2. The Labute approximate surface area is 188 Å². The topological polar surface area (TPSA) is 40.5 Å². The summed E-state index contributed by atoms with van der Waals surface area (Å²) in [5, 5.41) is 25.2. The third kappa shape index (κ3) is 3.65. The van der Waals surface area contributed by atoms with Crippen LogP contribution in [-0.4, -0.2) is 10.2 Å². The molecule has 0 aromatic heterocycles. The van der Waals surface area contributed by atoms with E-state index in [2.05, 4.69) is 0 Å². The summed E-state index contributed by atoms with van der Waals surface area (Å²) in [4.78, 5) is 0. The maximum atomic E-state index is 13.2. The van der Waals surface area contributed by atoms with E-state index in [1.165, 1.54) is 12.1 Å². The fraction of sp³-hybridized carbons (Fsp3) is 0.0714. The van der Waals surface area contributed by atoms with Gasteiger partial charge in [-0.3, -0.25) is 0 Å². The number of hydrogen-bond donors (Lipinski definition) is 2. The van der Waals surface area contributed by atoms with Crippen molar-refractivity contribution in [3.05, 3.63) is 119 Å². The molecule has 0 saturated heterocycles. The summed E-state index contributed by atoms with van der Waals surface area (Å²) in [6, 6.07) is 26.6. The lowest BCUT2D eigenvalue weighted by Crippen LogP contribution is -2.08. The van der Waals surface area contributed by atoms with E-state index < -0.39 is 17.7 Å². The van der Waals surface area contributed by atoms with E-state index in [1.54, 1.807) is 24.3 Å². The number of rotatable bonds is 3. The largest absolute Gasteiger partial charge is 0.508 e. The van der Waals surface area contributed by atoms with Gasteiger partial charge in [0, 0.05) is 17.0 Å². The minimum atomic E-state index is -4.46. The van der Waals surface area contributed by atoms with Crippen LogP contribution in [0.3, 0.4) is 0 Å². The molecule has 0 radical (unpaired) electrons. The summed E-state index contributed by atoms with van der Waals surface area (Å²) in [7, 11) is 0. The van der Waals surface area contributed by atoms with E-state index in [1.807, 2.05) is 48.5 Å². The molecule has 0 spiro atoms. The fourth-order valence-electron chi connectivity index (χ4n) is 4.52. The van der Waals surface area contributed by atoms with Gasteiger partial charge in [0.25, 0.3) is 0 Å². The number of fused-ring (bicyclic) bond motifs is 2. The van der Waals surface area contributed by atoms with Crippen LogP contribution in [0.4, 0.5) is 13.2 Å². The SMILES string of the molecule is Oc1ccc2ccccc2c1C(c1ccc(C(F)(F)F)cc1)c1c(O)ccc2ccccc12. The molecule has 0 aliphatic heterocycles. The molecule has 0 saturated carbocycles. The van der Waals surface area contributed by atoms with Crippen LogP contribution in [-0.2, 0) is 6.18 Å². The minimum Gasteiger partial charge on any atom is -0.508 e. The van der Waals surface area contributed by atoms with Crippen molar-refractivity contribution in [2.45, 2.75) is 12.1 Å². The highest BCUT2D eigenvalue weighted by molar-refractivity contribution is 5.93. The van der Waals surface area contributed by atoms with Crippen LogP contribution in [0.25, 0.3) is 21.5 Å². The van der Waals surface area contributed by atoms with Gasteiger partial charge in [0.15, 0.2) is 0 Å². The summed E-state index contributed by atoms with van der Waals surface area (Å²) in [5.41, 5.74) is 0.828. The summed E-state index contributed by atoms with van der Waals surface area (Å²) in [6.45, 7) is 0. The van der Waals surface area contributed by atoms with Crippen molar-refractivity contribution in [1.29, 1.82) is 0 Å². The van der Waals surface area contributed by atoms with Crippen LogP contribution >= 0.6 is 0 Å². The second-order valence-corrected chi connectivity index (χ2v) is 7.99. The number of aromatic hydroxyl groups is 2. The molecule has 5 aromatic rings. The predicted octanol–water partition coefficient (Wildman–Crippen LogP) is 7.60. The molecule has 2 N–H and O–H groups in total. The Morgan fingerprint density at radius 3 is 1.45 bits per heavy atom. The average Bonchev–Trinajstić information content (AvgIpc) is 2.81. The highest BCUT2D eigenvalue weighted by atomic mass is 19.4. The number of alkyl halides is 3. The third-order valence-corrected chi connectivity index (χ3v) is 6.04. The van der Waals surface area contributed by atoms with E-state index in [0.717, 1.165) is 33.7 Å². The van der Waals surface area contributed by atoms with E-state index in [0.29, 0.717) is 16.7 Å². The lowest BCUT2D eigenvalue weighted by atomic mass is 9.79. The molecule has 0 unspecified atom stereocenters. The van der Waals surface area contributed by atoms with Gasteiger partial charge < -0.3 is 10.2 Å². The molecule has 5 heteroatoms. The molecule has 0 bridgehead atoms. The van der Waals surface area contributed by atoms with Gasteiger partial charge in [-0.2, -0.15) is 13.2 Å². The maximum Gasteiger partial charge on any atom is 0.416 e. The molecule has 0 amide bonds. The standard InChI is InChI=1S/C28H19F3O2/c29-28(30,31)20-13-9-19(10-14-20)25(26-21-7-3-1-5-17(21)11-15-23(26)32)27-22-8-4-2-6-18(22)12-16-24(27)33/h1-16,25,32-33H. The first-order chi connectivity index (χ1) is 15.8. The molecule has 33 heavy (non-hydrogen) atoms. The van der Waals surface area contributed by atoms with E-state index >= 15 is 0 Å². The van der Waals surface area contributed by atoms with Gasteiger partial charge in [-0.1, -0.05) is 72.8 Å². The Hall–Kier alpha value is -3.99. The summed E-state index contributed by atoms with van der Waals surface area (Å²) >= 11 is 0. The normalized spacial score (nSPS) is 12.0. The molecule has 5 rings (SSSR count). The number of hydrogen-bond acceptors (Lipinski definition) is 2. The molecule has 0 aliphatic rings. The molecule has 0 fully saturated rings. The minimum absolute atomic E-state index is 0.00549. The van der Waals surface area contributed by atoms with Gasteiger partial charge in [-0.05, 0) is 51.4 Å². The molecular formula is C28H19F3O2. The molecule has 0 atom stereocenters. The van der Waals surface area contributed by atoms with Crippen molar-refractivity contribution in [2.24, 2.45) is 0 Å². The van der Waals surface area contributed by atoms with Gasteiger partial charge in [0.05, 0.1) is 5.56 Å². The quantitative estimate of drug-likeness (QED) is 0.281. The second-order valence-electron chi connectivity index (χ2n) is 7.99. The lowest BCUT2D eigenvalue weighted by molar-refractivity contribution is -0.137. The van der Waals surface area contributed by atoms with E-state index in [4.69, 9.17) is 0 Å². The Balaban J connectivity index is 1.86. The molecule has 5 aromatic carbocycles. The number of benzene rings is 5. The van der Waals surface area contributed by atoms with Crippen LogP contribution in [0, 0.1) is 0 Å². The van der Waals surface area contributed by atoms with E-state index in [-0.39, 0.29) is 11.5 Å². The molecular weight excluding hydrogens is 425 g/mol. The zero-order chi connectivity index (χ0) is 23.2. The van der Waals surface area contributed by atoms with Crippen molar-refractivity contribution in [2.75, 3.05) is 0 Å². The Morgan fingerprint density at radius 2 is 1.00 bits per heavy atom. The molecule has 0 heterocycles. The average molecular weight is 444 g/mol. The summed E-state index contributed by atoms with van der Waals surface area (Å²) < 4.78 is 39.7. The van der Waals surface area contributed by atoms with Gasteiger partial charge in [0.1, 0.15) is 11.5 Å². The third-order valence-electron chi connectivity index (χ3n) is 6.04. The highest BCUT2D eigenvalue weighted by Crippen LogP contribution is 2.46. The van der Waals surface area contributed by atoms with Gasteiger partial charge in [-0.15, -0.1) is 0 Å². The van der Waals surface area contributed by atoms with Crippen LogP contribution in [0.15, 0.2) is 97.1 Å². The van der Waals surface area contributed by atoms with Crippen molar-refractivity contribution in [1.82, 2.24) is 0 Å². The highest BCUT2D eigenvalue weighted by Gasteiger charge is 2.32. The zero-order valence-corrected chi connectivity index (χ0v) is 17.3. The first-order valence-electron chi connectivity index (χ1n) is 10.4. The second kappa shape index (κ2) is 7.85. The molecule has 2 nitrogen and oxygen atoms in total.